The summed E-state index contributed by atoms with van der Waals surface area (Å²) in [6.45, 7) is 0.472. The Morgan fingerprint density at radius 3 is 2.29 bits per heavy atom. The lowest BCUT2D eigenvalue weighted by Gasteiger charge is -1.98. The maximum absolute atomic E-state index is 10.2. The van der Waals surface area contributed by atoms with Gasteiger partial charge in [0.1, 0.15) is 5.75 Å². The van der Waals surface area contributed by atoms with Crippen molar-refractivity contribution < 1.29 is 19.7 Å². The van der Waals surface area contributed by atoms with Crippen molar-refractivity contribution in [3.63, 3.8) is 0 Å². The predicted octanol–water partition coefficient (Wildman–Crippen LogP) is 0.730. The minimum absolute atomic E-state index is 0.0972. The van der Waals surface area contributed by atoms with Crippen LogP contribution in [0.1, 0.15) is 5.56 Å². The summed E-state index contributed by atoms with van der Waals surface area (Å²) in [5.74, 6) is -0.191. The van der Waals surface area contributed by atoms with E-state index >= 15 is 0 Å². The van der Waals surface area contributed by atoms with Crippen LogP contribution in [-0.2, 0) is 4.79 Å². The quantitative estimate of drug-likeness (QED) is 0.673. The number of rotatable bonds is 4. The third-order valence-corrected chi connectivity index (χ3v) is 1.66. The van der Waals surface area contributed by atoms with E-state index in [0.717, 1.165) is 17.4 Å². The number of methoxy groups -OCH3 is 1. The van der Waals surface area contributed by atoms with Crippen LogP contribution in [0.5, 0.6) is 5.75 Å². The first kappa shape index (κ1) is 15.2. The average molecular weight is 239 g/mol. The minimum Gasteiger partial charge on any atom is -0.497 e. The topological polar surface area (TPSA) is 92.8 Å². The maximum atomic E-state index is 10.2. The molecule has 0 bridgehead atoms. The highest BCUT2D eigenvalue weighted by Crippen LogP contribution is 2.11. The summed E-state index contributed by atoms with van der Waals surface area (Å²) >= 11 is 0. The second-order valence-electron chi connectivity index (χ2n) is 2.96. The molecule has 0 radical (unpaired) electrons. The number of aliphatic carboxylic acids is 1. The highest BCUT2D eigenvalue weighted by Gasteiger charge is 1.91. The molecule has 0 aliphatic rings. The van der Waals surface area contributed by atoms with Gasteiger partial charge in [0, 0.05) is 12.6 Å². The summed E-state index contributed by atoms with van der Waals surface area (Å²) in [5, 5.41) is 16.1. The molecular weight excluding hydrogens is 222 g/mol. The van der Waals surface area contributed by atoms with E-state index in [1.54, 1.807) is 31.4 Å². The zero-order valence-corrected chi connectivity index (χ0v) is 9.67. The van der Waals surface area contributed by atoms with Gasteiger partial charge in [0.05, 0.1) is 13.7 Å². The molecule has 0 atom stereocenters. The van der Waals surface area contributed by atoms with Crippen molar-refractivity contribution in [2.75, 3.05) is 20.3 Å². The number of nitrogens with two attached hydrogens (primary N) is 1. The van der Waals surface area contributed by atoms with Gasteiger partial charge >= 0.3 is 5.97 Å². The molecule has 0 saturated heterocycles. The van der Waals surface area contributed by atoms with Crippen molar-refractivity contribution in [2.45, 2.75) is 0 Å². The Kier molecular flexibility index (Phi) is 8.36. The van der Waals surface area contributed by atoms with Gasteiger partial charge in [-0.1, -0.05) is 12.1 Å². The van der Waals surface area contributed by atoms with Crippen molar-refractivity contribution in [3.8, 4) is 5.75 Å². The third kappa shape index (κ3) is 8.01. The van der Waals surface area contributed by atoms with Crippen LogP contribution in [0.4, 0.5) is 0 Å². The smallest absolute Gasteiger partial charge is 0.328 e. The molecule has 0 amide bonds. The molecule has 1 aromatic rings. The van der Waals surface area contributed by atoms with Crippen LogP contribution in [0.25, 0.3) is 6.08 Å². The fourth-order valence-corrected chi connectivity index (χ4v) is 0.883. The van der Waals surface area contributed by atoms with Gasteiger partial charge in [-0.15, -0.1) is 0 Å². The van der Waals surface area contributed by atoms with E-state index in [2.05, 4.69) is 0 Å². The van der Waals surface area contributed by atoms with Gasteiger partial charge in [-0.05, 0) is 23.8 Å². The maximum Gasteiger partial charge on any atom is 0.328 e. The first-order chi connectivity index (χ1) is 8.13. The van der Waals surface area contributed by atoms with E-state index in [1.807, 2.05) is 0 Å². The fraction of sp³-hybridized carbons (Fsp3) is 0.250. The number of aliphatic hydroxyl groups is 1. The number of hydrogen-bond donors (Lipinski definition) is 3. The molecule has 4 N–H and O–H groups in total. The molecule has 1 aromatic carbocycles. The Hall–Kier alpha value is -1.85. The highest BCUT2D eigenvalue weighted by atomic mass is 16.5. The molecule has 0 aliphatic carbocycles. The molecule has 17 heavy (non-hydrogen) atoms. The van der Waals surface area contributed by atoms with Crippen molar-refractivity contribution >= 4 is 12.0 Å². The Morgan fingerprint density at radius 2 is 1.94 bits per heavy atom. The van der Waals surface area contributed by atoms with E-state index in [4.69, 9.17) is 20.7 Å². The molecule has 5 heteroatoms. The van der Waals surface area contributed by atoms with Gasteiger partial charge in [0.15, 0.2) is 0 Å². The van der Waals surface area contributed by atoms with Crippen molar-refractivity contribution in [2.24, 2.45) is 5.73 Å². The minimum atomic E-state index is -0.948. The second kappa shape index (κ2) is 9.38. The van der Waals surface area contributed by atoms with E-state index in [0.29, 0.717) is 6.54 Å². The molecule has 0 heterocycles. The number of benzene rings is 1. The molecule has 5 nitrogen and oxygen atoms in total. The Balaban J connectivity index is 0.000000557. The van der Waals surface area contributed by atoms with Crippen LogP contribution in [-0.4, -0.2) is 36.4 Å². The van der Waals surface area contributed by atoms with E-state index in [9.17, 15) is 4.79 Å². The lowest BCUT2D eigenvalue weighted by atomic mass is 10.2. The van der Waals surface area contributed by atoms with Crippen LogP contribution >= 0.6 is 0 Å². The number of aliphatic hydroxyl groups excluding tert-OH is 1. The first-order valence-electron chi connectivity index (χ1n) is 5.00. The van der Waals surface area contributed by atoms with Crippen LogP contribution < -0.4 is 10.5 Å². The number of ether oxygens (including phenoxy) is 1. The van der Waals surface area contributed by atoms with Gasteiger partial charge in [-0.25, -0.2) is 4.79 Å². The van der Waals surface area contributed by atoms with Gasteiger partial charge in [0.2, 0.25) is 0 Å². The van der Waals surface area contributed by atoms with E-state index in [1.165, 1.54) is 6.08 Å². The summed E-state index contributed by atoms with van der Waals surface area (Å²) in [6.07, 6.45) is 2.63. The third-order valence-electron chi connectivity index (χ3n) is 1.66. The van der Waals surface area contributed by atoms with Crippen molar-refractivity contribution in [1.29, 1.82) is 0 Å². The SMILES string of the molecule is COc1ccc(C=CC(=O)O)cc1.NCCO. The standard InChI is InChI=1S/C10H10O3.C2H7NO/c1-13-9-5-2-8(3-6-9)4-7-10(11)12;3-1-2-4/h2-7H,1H3,(H,11,12);4H,1-3H2. The fourth-order valence-electron chi connectivity index (χ4n) is 0.883. The summed E-state index contributed by atoms with van der Waals surface area (Å²) in [6, 6.07) is 7.14. The summed E-state index contributed by atoms with van der Waals surface area (Å²) in [7, 11) is 1.59. The molecule has 0 saturated carbocycles. The molecule has 0 aliphatic heterocycles. The largest absolute Gasteiger partial charge is 0.497 e. The molecule has 94 valence electrons. The molecular formula is C12H17NO4. The predicted molar refractivity (Wildman–Crippen MR) is 65.8 cm³/mol. The van der Waals surface area contributed by atoms with E-state index in [-0.39, 0.29) is 6.61 Å². The summed E-state index contributed by atoms with van der Waals surface area (Å²) in [5.41, 5.74) is 5.61. The zero-order valence-electron chi connectivity index (χ0n) is 9.67. The van der Waals surface area contributed by atoms with Crippen LogP contribution in [0.2, 0.25) is 0 Å². The Labute approximate surface area is 100 Å². The number of carboxylic acids is 1. The number of carbonyl (C=O) groups is 1. The van der Waals surface area contributed by atoms with Crippen LogP contribution in [0, 0.1) is 0 Å². The van der Waals surface area contributed by atoms with E-state index < -0.39 is 5.97 Å². The molecule has 0 spiro atoms. The van der Waals surface area contributed by atoms with Gasteiger partial charge in [-0.3, -0.25) is 0 Å². The normalized spacial score (nSPS) is 9.59. The van der Waals surface area contributed by atoms with Crippen molar-refractivity contribution in [1.82, 2.24) is 0 Å². The van der Waals surface area contributed by atoms with Crippen molar-refractivity contribution in [3.05, 3.63) is 35.9 Å². The lowest BCUT2D eigenvalue weighted by Crippen LogP contribution is -2.02. The Morgan fingerprint density at radius 1 is 1.41 bits per heavy atom. The average Bonchev–Trinajstić information content (AvgIpc) is 2.37. The highest BCUT2D eigenvalue weighted by molar-refractivity contribution is 5.85. The first-order valence-corrected chi connectivity index (χ1v) is 5.00. The molecule has 0 aromatic heterocycles. The second-order valence-corrected chi connectivity index (χ2v) is 2.96. The molecule has 0 unspecified atom stereocenters. The van der Waals surface area contributed by atoms with Gasteiger partial charge < -0.3 is 20.7 Å². The zero-order chi connectivity index (χ0) is 13.1. The molecule has 0 fully saturated rings. The Bertz CT molecular complexity index is 344. The van der Waals surface area contributed by atoms with Gasteiger partial charge in [-0.2, -0.15) is 0 Å². The number of hydrogen-bond acceptors (Lipinski definition) is 4. The monoisotopic (exact) mass is 239 g/mol. The summed E-state index contributed by atoms with van der Waals surface area (Å²) < 4.78 is 4.95. The lowest BCUT2D eigenvalue weighted by molar-refractivity contribution is -0.131. The van der Waals surface area contributed by atoms with Crippen LogP contribution in [0.15, 0.2) is 30.3 Å². The molecule has 1 rings (SSSR count). The van der Waals surface area contributed by atoms with Crippen LogP contribution in [0.3, 0.4) is 0 Å². The van der Waals surface area contributed by atoms with Gasteiger partial charge in [0.25, 0.3) is 0 Å². The number of carboxylic acid groups (broad SMARTS) is 1. The summed E-state index contributed by atoms with van der Waals surface area (Å²) in [4.78, 5) is 10.2.